The Labute approximate surface area is 128 Å². The van der Waals surface area contributed by atoms with Crippen molar-refractivity contribution in [3.8, 4) is 0 Å². The van der Waals surface area contributed by atoms with E-state index in [1.165, 1.54) is 33.4 Å². The lowest BCUT2D eigenvalue weighted by Crippen LogP contribution is -2.38. The number of nitrogens with one attached hydrogen (secondary N) is 1. The van der Waals surface area contributed by atoms with Crippen LogP contribution >= 0.6 is 0 Å². The maximum atomic E-state index is 5.78. The van der Waals surface area contributed by atoms with Crippen molar-refractivity contribution >= 4 is 0 Å². The highest BCUT2D eigenvalue weighted by Gasteiger charge is 2.11. The molecule has 0 fully saturated rings. The standard InChI is InChI=1S/C19H26N2/c1-13-5-6-16(4)18(10-13)12-19(21-20)11-17-8-14(2)7-15(3)9-17/h5-10,19,21H,11-12,20H2,1-4H3. The summed E-state index contributed by atoms with van der Waals surface area (Å²) in [6.07, 6.45) is 1.91. The molecule has 0 saturated carbocycles. The van der Waals surface area contributed by atoms with Crippen LogP contribution in [0.25, 0.3) is 0 Å². The second kappa shape index (κ2) is 6.88. The van der Waals surface area contributed by atoms with E-state index in [1.54, 1.807) is 0 Å². The van der Waals surface area contributed by atoms with Gasteiger partial charge < -0.3 is 0 Å². The monoisotopic (exact) mass is 282 g/mol. The maximum absolute atomic E-state index is 5.78. The smallest absolute Gasteiger partial charge is 0.0291 e. The van der Waals surface area contributed by atoms with Crippen LogP contribution in [0.15, 0.2) is 36.4 Å². The zero-order valence-corrected chi connectivity index (χ0v) is 13.5. The summed E-state index contributed by atoms with van der Waals surface area (Å²) in [6.45, 7) is 8.59. The molecule has 0 bridgehead atoms. The van der Waals surface area contributed by atoms with Gasteiger partial charge >= 0.3 is 0 Å². The highest BCUT2D eigenvalue weighted by atomic mass is 15.2. The SMILES string of the molecule is Cc1cc(C)cc(CC(Cc2cc(C)ccc2C)NN)c1. The minimum Gasteiger partial charge on any atom is -0.271 e. The largest absolute Gasteiger partial charge is 0.271 e. The summed E-state index contributed by atoms with van der Waals surface area (Å²) in [6, 6.07) is 13.6. The van der Waals surface area contributed by atoms with Gasteiger partial charge in [-0.2, -0.15) is 0 Å². The lowest BCUT2D eigenvalue weighted by molar-refractivity contribution is 0.521. The fourth-order valence-corrected chi connectivity index (χ4v) is 2.95. The molecular formula is C19H26N2. The molecule has 0 heterocycles. The molecule has 2 aromatic carbocycles. The highest BCUT2D eigenvalue weighted by Crippen LogP contribution is 2.16. The van der Waals surface area contributed by atoms with Gasteiger partial charge in [0.25, 0.3) is 0 Å². The summed E-state index contributed by atoms with van der Waals surface area (Å²) < 4.78 is 0. The summed E-state index contributed by atoms with van der Waals surface area (Å²) in [5.74, 6) is 5.78. The van der Waals surface area contributed by atoms with Crippen LogP contribution in [0.5, 0.6) is 0 Å². The summed E-state index contributed by atoms with van der Waals surface area (Å²) in [4.78, 5) is 0. The van der Waals surface area contributed by atoms with Crippen LogP contribution in [0.4, 0.5) is 0 Å². The molecule has 2 nitrogen and oxygen atoms in total. The van der Waals surface area contributed by atoms with Gasteiger partial charge in [-0.05, 0) is 57.2 Å². The molecule has 2 heteroatoms. The first-order valence-electron chi connectivity index (χ1n) is 7.57. The molecule has 0 aliphatic heterocycles. The Kier molecular flexibility index (Phi) is 5.16. The van der Waals surface area contributed by atoms with Crippen molar-refractivity contribution in [3.63, 3.8) is 0 Å². The average molecular weight is 282 g/mol. The normalized spacial score (nSPS) is 12.4. The first-order valence-corrected chi connectivity index (χ1v) is 7.57. The van der Waals surface area contributed by atoms with E-state index in [2.05, 4.69) is 69.5 Å². The van der Waals surface area contributed by atoms with Crippen molar-refractivity contribution in [3.05, 3.63) is 69.8 Å². The topological polar surface area (TPSA) is 38.0 Å². The van der Waals surface area contributed by atoms with Crippen LogP contribution in [-0.2, 0) is 12.8 Å². The highest BCUT2D eigenvalue weighted by molar-refractivity contribution is 5.32. The van der Waals surface area contributed by atoms with E-state index < -0.39 is 0 Å². The molecule has 3 N–H and O–H groups in total. The third-order valence-electron chi connectivity index (χ3n) is 3.97. The number of benzene rings is 2. The molecule has 0 aromatic heterocycles. The van der Waals surface area contributed by atoms with Gasteiger partial charge in [0.1, 0.15) is 0 Å². The predicted molar refractivity (Wildman–Crippen MR) is 90.4 cm³/mol. The fraction of sp³-hybridized carbons (Fsp3) is 0.368. The van der Waals surface area contributed by atoms with Gasteiger partial charge in [0.15, 0.2) is 0 Å². The van der Waals surface area contributed by atoms with Gasteiger partial charge in [0.05, 0.1) is 0 Å². The molecule has 2 aromatic rings. The average Bonchev–Trinajstić information content (AvgIpc) is 2.41. The lowest BCUT2D eigenvalue weighted by Gasteiger charge is -2.18. The first kappa shape index (κ1) is 15.7. The molecule has 1 atom stereocenters. The first-order chi connectivity index (χ1) is 9.97. The molecule has 0 spiro atoms. The molecule has 0 aliphatic carbocycles. The van der Waals surface area contributed by atoms with E-state index >= 15 is 0 Å². The number of rotatable bonds is 5. The van der Waals surface area contributed by atoms with E-state index in [1.807, 2.05) is 0 Å². The van der Waals surface area contributed by atoms with Gasteiger partial charge in [-0.15, -0.1) is 0 Å². The number of hydrogen-bond acceptors (Lipinski definition) is 2. The molecule has 2 rings (SSSR count). The minimum atomic E-state index is 0.256. The molecular weight excluding hydrogens is 256 g/mol. The third-order valence-corrected chi connectivity index (χ3v) is 3.97. The van der Waals surface area contributed by atoms with Crippen LogP contribution in [0.2, 0.25) is 0 Å². The lowest BCUT2D eigenvalue weighted by atomic mass is 9.94. The van der Waals surface area contributed by atoms with Crippen molar-refractivity contribution in [2.24, 2.45) is 5.84 Å². The molecule has 0 aliphatic rings. The van der Waals surface area contributed by atoms with Crippen molar-refractivity contribution in [1.82, 2.24) is 5.43 Å². The van der Waals surface area contributed by atoms with E-state index in [0.717, 1.165) is 12.8 Å². The summed E-state index contributed by atoms with van der Waals surface area (Å²) in [7, 11) is 0. The number of nitrogens with two attached hydrogens (primary N) is 1. The van der Waals surface area contributed by atoms with Crippen molar-refractivity contribution in [2.75, 3.05) is 0 Å². The molecule has 0 saturated heterocycles. The van der Waals surface area contributed by atoms with Crippen molar-refractivity contribution in [1.29, 1.82) is 0 Å². The number of aryl methyl sites for hydroxylation is 4. The Morgan fingerprint density at radius 1 is 0.857 bits per heavy atom. The van der Waals surface area contributed by atoms with E-state index in [4.69, 9.17) is 5.84 Å². The number of hydrazine groups is 1. The van der Waals surface area contributed by atoms with Crippen LogP contribution < -0.4 is 11.3 Å². The van der Waals surface area contributed by atoms with Crippen LogP contribution in [0.1, 0.15) is 33.4 Å². The Balaban J connectivity index is 2.14. The fourth-order valence-electron chi connectivity index (χ4n) is 2.95. The van der Waals surface area contributed by atoms with Crippen LogP contribution in [0, 0.1) is 27.7 Å². The second-order valence-corrected chi connectivity index (χ2v) is 6.20. The molecule has 1 unspecified atom stereocenters. The summed E-state index contributed by atoms with van der Waals surface area (Å²) in [5.41, 5.74) is 11.0. The minimum absolute atomic E-state index is 0.256. The Morgan fingerprint density at radius 2 is 1.52 bits per heavy atom. The van der Waals surface area contributed by atoms with Crippen molar-refractivity contribution < 1.29 is 0 Å². The van der Waals surface area contributed by atoms with Gasteiger partial charge in [-0.25, -0.2) is 0 Å². The van der Waals surface area contributed by atoms with Gasteiger partial charge in [0, 0.05) is 6.04 Å². The molecule has 0 amide bonds. The van der Waals surface area contributed by atoms with Gasteiger partial charge in [0.2, 0.25) is 0 Å². The second-order valence-electron chi connectivity index (χ2n) is 6.20. The third kappa shape index (κ3) is 4.42. The molecule has 21 heavy (non-hydrogen) atoms. The van der Waals surface area contributed by atoms with Crippen molar-refractivity contribution in [2.45, 2.75) is 46.6 Å². The van der Waals surface area contributed by atoms with Crippen LogP contribution in [0.3, 0.4) is 0 Å². The zero-order valence-electron chi connectivity index (χ0n) is 13.5. The van der Waals surface area contributed by atoms with E-state index in [9.17, 15) is 0 Å². The van der Waals surface area contributed by atoms with E-state index in [0.29, 0.717) is 0 Å². The van der Waals surface area contributed by atoms with Gasteiger partial charge in [-0.3, -0.25) is 11.3 Å². The molecule has 112 valence electrons. The Bertz CT molecular complexity index is 597. The predicted octanol–water partition coefficient (Wildman–Crippen LogP) is 3.54. The quantitative estimate of drug-likeness (QED) is 0.650. The maximum Gasteiger partial charge on any atom is 0.0291 e. The number of hydrogen-bond donors (Lipinski definition) is 2. The van der Waals surface area contributed by atoms with E-state index in [-0.39, 0.29) is 6.04 Å². The molecule has 0 radical (unpaired) electrons. The van der Waals surface area contributed by atoms with Gasteiger partial charge in [-0.1, -0.05) is 53.1 Å². The zero-order chi connectivity index (χ0) is 15.4. The summed E-state index contributed by atoms with van der Waals surface area (Å²) in [5, 5.41) is 0. The van der Waals surface area contributed by atoms with Crippen LogP contribution in [-0.4, -0.2) is 6.04 Å². The summed E-state index contributed by atoms with van der Waals surface area (Å²) >= 11 is 0. The Hall–Kier alpha value is -1.64. The Morgan fingerprint density at radius 3 is 2.14 bits per heavy atom.